The SMILES string of the molecule is O=C(O)c1ccccc1C(=O)NCCNS(=O)(=O)c1ccccc1Cl. The average Bonchev–Trinajstić information content (AvgIpc) is 2.58. The van der Waals surface area contributed by atoms with E-state index in [0.717, 1.165) is 0 Å². The molecular weight excluding hydrogens is 368 g/mol. The lowest BCUT2D eigenvalue weighted by molar-refractivity contribution is 0.0691. The van der Waals surface area contributed by atoms with Crippen LogP contribution < -0.4 is 10.0 Å². The van der Waals surface area contributed by atoms with Gasteiger partial charge >= 0.3 is 5.97 Å². The second-order valence-electron chi connectivity index (χ2n) is 4.93. The molecule has 0 saturated carbocycles. The molecule has 2 aromatic carbocycles. The zero-order valence-electron chi connectivity index (χ0n) is 12.9. The first kappa shape index (κ1) is 18.9. The van der Waals surface area contributed by atoms with E-state index >= 15 is 0 Å². The van der Waals surface area contributed by atoms with E-state index in [4.69, 9.17) is 16.7 Å². The van der Waals surface area contributed by atoms with Crippen molar-refractivity contribution in [3.05, 3.63) is 64.7 Å². The van der Waals surface area contributed by atoms with Crippen LogP contribution in [-0.4, -0.2) is 38.5 Å². The van der Waals surface area contributed by atoms with Gasteiger partial charge in [0.2, 0.25) is 10.0 Å². The van der Waals surface area contributed by atoms with Crippen LogP contribution in [0.4, 0.5) is 0 Å². The molecule has 0 atom stereocenters. The summed E-state index contributed by atoms with van der Waals surface area (Å²) >= 11 is 5.85. The van der Waals surface area contributed by atoms with Crippen molar-refractivity contribution < 1.29 is 23.1 Å². The Morgan fingerprint density at radius 2 is 1.56 bits per heavy atom. The first-order valence-corrected chi connectivity index (χ1v) is 9.04. The molecule has 0 heterocycles. The van der Waals surface area contributed by atoms with E-state index in [0.29, 0.717) is 0 Å². The summed E-state index contributed by atoms with van der Waals surface area (Å²) in [7, 11) is -3.80. The smallest absolute Gasteiger partial charge is 0.336 e. The van der Waals surface area contributed by atoms with Crippen molar-refractivity contribution in [2.75, 3.05) is 13.1 Å². The molecule has 0 bridgehead atoms. The minimum Gasteiger partial charge on any atom is -0.478 e. The van der Waals surface area contributed by atoms with E-state index in [1.54, 1.807) is 18.2 Å². The van der Waals surface area contributed by atoms with Gasteiger partial charge in [0, 0.05) is 13.1 Å². The number of carboxylic acid groups (broad SMARTS) is 1. The first-order valence-electron chi connectivity index (χ1n) is 7.17. The number of carbonyl (C=O) groups excluding carboxylic acids is 1. The van der Waals surface area contributed by atoms with Gasteiger partial charge in [0.05, 0.1) is 16.1 Å². The Morgan fingerprint density at radius 3 is 2.20 bits per heavy atom. The predicted octanol–water partition coefficient (Wildman–Crippen LogP) is 1.75. The fourth-order valence-corrected chi connectivity index (χ4v) is 3.61. The lowest BCUT2D eigenvalue weighted by Gasteiger charge is -2.10. The lowest BCUT2D eigenvalue weighted by atomic mass is 10.1. The van der Waals surface area contributed by atoms with E-state index in [9.17, 15) is 18.0 Å². The summed E-state index contributed by atoms with van der Waals surface area (Å²) in [5, 5.41) is 11.6. The molecule has 0 radical (unpaired) electrons. The molecule has 0 spiro atoms. The minimum absolute atomic E-state index is 0.00367. The number of rotatable bonds is 7. The Labute approximate surface area is 149 Å². The molecule has 0 aliphatic rings. The van der Waals surface area contributed by atoms with Crippen molar-refractivity contribution in [1.82, 2.24) is 10.0 Å². The second-order valence-corrected chi connectivity index (χ2v) is 7.08. The molecule has 0 aliphatic heterocycles. The molecule has 2 aromatic rings. The highest BCUT2D eigenvalue weighted by Crippen LogP contribution is 2.19. The number of hydrogen-bond acceptors (Lipinski definition) is 4. The van der Waals surface area contributed by atoms with Gasteiger partial charge in [-0.05, 0) is 24.3 Å². The summed E-state index contributed by atoms with van der Waals surface area (Å²) in [4.78, 5) is 23.1. The van der Waals surface area contributed by atoms with Crippen LogP contribution in [0.25, 0.3) is 0 Å². The molecule has 9 heteroatoms. The van der Waals surface area contributed by atoms with Gasteiger partial charge in [-0.3, -0.25) is 4.79 Å². The summed E-state index contributed by atoms with van der Waals surface area (Å²) in [6.45, 7) is -0.0923. The zero-order chi connectivity index (χ0) is 18.4. The molecule has 0 unspecified atom stereocenters. The Kier molecular flexibility index (Phi) is 6.13. The van der Waals surface area contributed by atoms with Gasteiger partial charge in [0.1, 0.15) is 4.90 Å². The quantitative estimate of drug-likeness (QED) is 0.631. The number of benzene rings is 2. The number of amides is 1. The monoisotopic (exact) mass is 382 g/mol. The summed E-state index contributed by atoms with van der Waals surface area (Å²) in [5.41, 5.74) is -0.124. The highest BCUT2D eigenvalue weighted by Gasteiger charge is 2.18. The van der Waals surface area contributed by atoms with Gasteiger partial charge in [-0.1, -0.05) is 35.9 Å². The van der Waals surface area contributed by atoms with E-state index in [2.05, 4.69) is 10.0 Å². The van der Waals surface area contributed by atoms with Crippen molar-refractivity contribution in [1.29, 1.82) is 0 Å². The van der Waals surface area contributed by atoms with Crippen molar-refractivity contribution in [3.8, 4) is 0 Å². The highest BCUT2D eigenvalue weighted by molar-refractivity contribution is 7.89. The number of nitrogens with one attached hydrogen (secondary N) is 2. The van der Waals surface area contributed by atoms with Crippen LogP contribution in [0, 0.1) is 0 Å². The van der Waals surface area contributed by atoms with Crippen LogP contribution in [0.3, 0.4) is 0 Å². The third-order valence-electron chi connectivity index (χ3n) is 3.23. The van der Waals surface area contributed by atoms with Crippen molar-refractivity contribution in [2.24, 2.45) is 0 Å². The van der Waals surface area contributed by atoms with E-state index < -0.39 is 21.9 Å². The van der Waals surface area contributed by atoms with Crippen molar-refractivity contribution in [3.63, 3.8) is 0 Å². The maximum absolute atomic E-state index is 12.1. The predicted molar refractivity (Wildman–Crippen MR) is 92.4 cm³/mol. The molecule has 132 valence electrons. The van der Waals surface area contributed by atoms with E-state index in [1.807, 2.05) is 0 Å². The number of aromatic carboxylic acids is 1. The number of sulfonamides is 1. The van der Waals surface area contributed by atoms with Crippen molar-refractivity contribution in [2.45, 2.75) is 4.90 Å². The van der Waals surface area contributed by atoms with Gasteiger partial charge in [0.25, 0.3) is 5.91 Å². The molecule has 1 amide bonds. The Hall–Kier alpha value is -2.42. The van der Waals surface area contributed by atoms with Gasteiger partial charge in [-0.2, -0.15) is 0 Å². The number of carboxylic acids is 1. The van der Waals surface area contributed by atoms with Crippen molar-refractivity contribution >= 4 is 33.5 Å². The van der Waals surface area contributed by atoms with E-state index in [1.165, 1.54) is 30.3 Å². The minimum atomic E-state index is -3.80. The number of carbonyl (C=O) groups is 2. The molecule has 0 aromatic heterocycles. The number of halogens is 1. The lowest BCUT2D eigenvalue weighted by Crippen LogP contribution is -2.35. The fourth-order valence-electron chi connectivity index (χ4n) is 2.06. The normalized spacial score (nSPS) is 11.1. The van der Waals surface area contributed by atoms with Crippen LogP contribution in [0.2, 0.25) is 5.02 Å². The first-order chi connectivity index (χ1) is 11.8. The van der Waals surface area contributed by atoms with Crippen LogP contribution >= 0.6 is 11.6 Å². The molecule has 7 nitrogen and oxygen atoms in total. The summed E-state index contributed by atoms with van der Waals surface area (Å²) < 4.78 is 26.6. The molecule has 0 fully saturated rings. The Balaban J connectivity index is 1.95. The summed E-state index contributed by atoms with van der Waals surface area (Å²) in [6, 6.07) is 11.7. The molecule has 3 N–H and O–H groups in total. The maximum Gasteiger partial charge on any atom is 0.336 e. The van der Waals surface area contributed by atoms with Gasteiger partial charge in [-0.15, -0.1) is 0 Å². The van der Waals surface area contributed by atoms with E-state index in [-0.39, 0.29) is 34.1 Å². The van der Waals surface area contributed by atoms with Crippen LogP contribution in [0.5, 0.6) is 0 Å². The standard InChI is InChI=1S/C16H15ClN2O5S/c17-13-7-3-4-8-14(13)25(23,24)19-10-9-18-15(20)11-5-1-2-6-12(11)16(21)22/h1-8,19H,9-10H2,(H,18,20)(H,21,22). The third-order valence-corrected chi connectivity index (χ3v) is 5.19. The number of hydrogen-bond donors (Lipinski definition) is 3. The summed E-state index contributed by atoms with van der Waals surface area (Å²) in [5.74, 6) is -1.82. The zero-order valence-corrected chi connectivity index (χ0v) is 14.5. The maximum atomic E-state index is 12.1. The van der Waals surface area contributed by atoms with Crippen LogP contribution in [-0.2, 0) is 10.0 Å². The van der Waals surface area contributed by atoms with Gasteiger partial charge in [0.15, 0.2) is 0 Å². The largest absolute Gasteiger partial charge is 0.478 e. The highest BCUT2D eigenvalue weighted by atomic mass is 35.5. The molecule has 25 heavy (non-hydrogen) atoms. The Morgan fingerprint density at radius 1 is 0.960 bits per heavy atom. The summed E-state index contributed by atoms with van der Waals surface area (Å²) in [6.07, 6.45) is 0. The van der Waals surface area contributed by atoms with Crippen LogP contribution in [0.1, 0.15) is 20.7 Å². The molecule has 2 rings (SSSR count). The topological polar surface area (TPSA) is 113 Å². The molecule has 0 saturated heterocycles. The fraction of sp³-hybridized carbons (Fsp3) is 0.125. The Bertz CT molecular complexity index is 899. The molecule has 0 aliphatic carbocycles. The average molecular weight is 383 g/mol. The third kappa shape index (κ3) is 4.79. The van der Waals surface area contributed by atoms with Crippen LogP contribution in [0.15, 0.2) is 53.4 Å². The molecular formula is C16H15ClN2O5S. The van der Waals surface area contributed by atoms with Gasteiger partial charge < -0.3 is 10.4 Å². The second kappa shape index (κ2) is 8.11. The van der Waals surface area contributed by atoms with Gasteiger partial charge in [-0.25, -0.2) is 17.9 Å².